The van der Waals surface area contributed by atoms with Crippen molar-refractivity contribution in [3.05, 3.63) is 11.6 Å². The maximum absolute atomic E-state index is 4.41. The van der Waals surface area contributed by atoms with Crippen molar-refractivity contribution in [3.8, 4) is 0 Å². The van der Waals surface area contributed by atoms with Crippen molar-refractivity contribution in [1.82, 2.24) is 15.2 Å². The molecule has 1 N–H and O–H groups in total. The van der Waals surface area contributed by atoms with Gasteiger partial charge in [-0.1, -0.05) is 6.92 Å². The Balaban J connectivity index is 1.82. The van der Waals surface area contributed by atoms with Crippen LogP contribution in [0.25, 0.3) is 0 Å². The zero-order chi connectivity index (χ0) is 14.6. The lowest BCUT2D eigenvalue weighted by atomic mass is 10.1. The SMILES string of the molecule is CCC(CNC(C)(C)C)N1CCN(c2nccs2)CC1. The molecule has 1 saturated heterocycles. The molecular weight excluding hydrogens is 268 g/mol. The van der Waals surface area contributed by atoms with Crippen LogP contribution in [0, 0.1) is 0 Å². The molecule has 1 aliphatic heterocycles. The first-order valence-corrected chi connectivity index (χ1v) is 8.51. The Morgan fingerprint density at radius 1 is 1.30 bits per heavy atom. The van der Waals surface area contributed by atoms with Crippen LogP contribution in [0.5, 0.6) is 0 Å². The van der Waals surface area contributed by atoms with Gasteiger partial charge in [0.05, 0.1) is 0 Å². The van der Waals surface area contributed by atoms with E-state index in [2.05, 4.69) is 53.2 Å². The summed E-state index contributed by atoms with van der Waals surface area (Å²) in [7, 11) is 0. The standard InChI is InChI=1S/C15H28N4S/c1-5-13(12-17-15(2,3)4)18-7-9-19(10-8-18)14-16-6-11-20-14/h6,11,13,17H,5,7-10,12H2,1-4H3. The molecule has 1 atom stereocenters. The molecule has 0 spiro atoms. The Morgan fingerprint density at radius 2 is 2.00 bits per heavy atom. The molecule has 114 valence electrons. The van der Waals surface area contributed by atoms with Crippen LogP contribution < -0.4 is 10.2 Å². The third-order valence-corrected chi connectivity index (χ3v) is 4.69. The number of aromatic nitrogens is 1. The van der Waals surface area contributed by atoms with E-state index in [9.17, 15) is 0 Å². The van der Waals surface area contributed by atoms with E-state index in [0.717, 1.165) is 32.7 Å². The van der Waals surface area contributed by atoms with Gasteiger partial charge in [0, 0.05) is 55.9 Å². The molecule has 2 rings (SSSR count). The normalized spacial score (nSPS) is 19.3. The number of nitrogens with one attached hydrogen (secondary N) is 1. The van der Waals surface area contributed by atoms with Crippen molar-refractivity contribution >= 4 is 16.5 Å². The van der Waals surface area contributed by atoms with Crippen molar-refractivity contribution in [3.63, 3.8) is 0 Å². The van der Waals surface area contributed by atoms with Crippen LogP contribution in [0.4, 0.5) is 5.13 Å². The molecule has 1 unspecified atom stereocenters. The third kappa shape index (κ3) is 4.43. The lowest BCUT2D eigenvalue weighted by Gasteiger charge is -2.40. The van der Waals surface area contributed by atoms with Crippen LogP contribution in [0.3, 0.4) is 0 Å². The molecule has 1 aromatic rings. The van der Waals surface area contributed by atoms with E-state index in [4.69, 9.17) is 0 Å². The largest absolute Gasteiger partial charge is 0.346 e. The smallest absolute Gasteiger partial charge is 0.185 e. The van der Waals surface area contributed by atoms with Gasteiger partial charge in [0.2, 0.25) is 0 Å². The van der Waals surface area contributed by atoms with Gasteiger partial charge in [0.15, 0.2) is 5.13 Å². The Bertz CT molecular complexity index is 377. The van der Waals surface area contributed by atoms with Crippen LogP contribution in [0.1, 0.15) is 34.1 Å². The van der Waals surface area contributed by atoms with E-state index in [0.29, 0.717) is 6.04 Å². The molecule has 0 aromatic carbocycles. The van der Waals surface area contributed by atoms with E-state index in [-0.39, 0.29) is 5.54 Å². The summed E-state index contributed by atoms with van der Waals surface area (Å²) in [6.45, 7) is 14.6. The highest BCUT2D eigenvalue weighted by Crippen LogP contribution is 2.20. The number of hydrogen-bond donors (Lipinski definition) is 1. The average Bonchev–Trinajstić information content (AvgIpc) is 2.93. The quantitative estimate of drug-likeness (QED) is 0.904. The summed E-state index contributed by atoms with van der Waals surface area (Å²) < 4.78 is 0. The number of anilines is 1. The average molecular weight is 296 g/mol. The van der Waals surface area contributed by atoms with Gasteiger partial charge in [-0.2, -0.15) is 0 Å². The molecule has 0 amide bonds. The van der Waals surface area contributed by atoms with Crippen molar-refractivity contribution in [1.29, 1.82) is 0 Å². The Labute approximate surface area is 127 Å². The zero-order valence-electron chi connectivity index (χ0n) is 13.2. The third-order valence-electron chi connectivity index (χ3n) is 3.86. The molecule has 4 nitrogen and oxygen atoms in total. The van der Waals surface area contributed by atoms with Crippen LogP contribution >= 0.6 is 11.3 Å². The first-order valence-electron chi connectivity index (χ1n) is 7.63. The van der Waals surface area contributed by atoms with E-state index >= 15 is 0 Å². The van der Waals surface area contributed by atoms with Gasteiger partial charge in [0.1, 0.15) is 0 Å². The Morgan fingerprint density at radius 3 is 2.50 bits per heavy atom. The molecule has 1 aliphatic rings. The summed E-state index contributed by atoms with van der Waals surface area (Å²) in [5, 5.41) is 6.87. The highest BCUT2D eigenvalue weighted by molar-refractivity contribution is 7.13. The number of rotatable bonds is 5. The molecule has 0 aliphatic carbocycles. The lowest BCUT2D eigenvalue weighted by Crippen LogP contribution is -2.54. The second-order valence-corrected chi connectivity index (χ2v) is 7.40. The maximum Gasteiger partial charge on any atom is 0.185 e. The van der Waals surface area contributed by atoms with Crippen LogP contribution in [0.15, 0.2) is 11.6 Å². The van der Waals surface area contributed by atoms with Crippen LogP contribution in [-0.2, 0) is 0 Å². The maximum atomic E-state index is 4.41. The fraction of sp³-hybridized carbons (Fsp3) is 0.800. The summed E-state index contributed by atoms with van der Waals surface area (Å²) >= 11 is 1.74. The van der Waals surface area contributed by atoms with Crippen molar-refractivity contribution in [2.24, 2.45) is 0 Å². The first kappa shape index (κ1) is 15.7. The van der Waals surface area contributed by atoms with E-state index in [1.165, 1.54) is 11.6 Å². The molecule has 2 heterocycles. The predicted molar refractivity (Wildman–Crippen MR) is 87.7 cm³/mol. The lowest BCUT2D eigenvalue weighted by molar-refractivity contribution is 0.168. The van der Waals surface area contributed by atoms with Crippen LogP contribution in [-0.4, -0.2) is 54.2 Å². The van der Waals surface area contributed by atoms with E-state index in [1.807, 2.05) is 6.20 Å². The Hall–Kier alpha value is -0.650. The summed E-state index contributed by atoms with van der Waals surface area (Å²) in [6.07, 6.45) is 3.11. The highest BCUT2D eigenvalue weighted by atomic mass is 32.1. The van der Waals surface area contributed by atoms with Gasteiger partial charge in [0.25, 0.3) is 0 Å². The second kappa shape index (κ2) is 6.87. The number of hydrogen-bond acceptors (Lipinski definition) is 5. The van der Waals surface area contributed by atoms with Crippen molar-refractivity contribution < 1.29 is 0 Å². The van der Waals surface area contributed by atoms with Gasteiger partial charge in [-0.15, -0.1) is 11.3 Å². The second-order valence-electron chi connectivity index (χ2n) is 6.53. The number of thiazole rings is 1. The molecule has 20 heavy (non-hydrogen) atoms. The monoisotopic (exact) mass is 296 g/mol. The number of nitrogens with zero attached hydrogens (tertiary/aromatic N) is 3. The summed E-state index contributed by atoms with van der Waals surface area (Å²) in [5.41, 5.74) is 0.204. The van der Waals surface area contributed by atoms with Gasteiger partial charge in [-0.25, -0.2) is 4.98 Å². The molecule has 1 aromatic heterocycles. The summed E-state index contributed by atoms with van der Waals surface area (Å²) in [4.78, 5) is 9.45. The van der Waals surface area contributed by atoms with Gasteiger partial charge in [-0.05, 0) is 27.2 Å². The van der Waals surface area contributed by atoms with Gasteiger partial charge >= 0.3 is 0 Å². The number of piperazine rings is 1. The minimum Gasteiger partial charge on any atom is -0.346 e. The highest BCUT2D eigenvalue weighted by Gasteiger charge is 2.24. The van der Waals surface area contributed by atoms with Crippen molar-refractivity contribution in [2.45, 2.75) is 45.7 Å². The molecular formula is C15H28N4S. The fourth-order valence-electron chi connectivity index (χ4n) is 2.61. The minimum atomic E-state index is 0.204. The summed E-state index contributed by atoms with van der Waals surface area (Å²) in [6, 6.07) is 0.646. The molecule has 5 heteroatoms. The molecule has 0 radical (unpaired) electrons. The van der Waals surface area contributed by atoms with Gasteiger partial charge in [-0.3, -0.25) is 4.90 Å². The first-order chi connectivity index (χ1) is 9.49. The van der Waals surface area contributed by atoms with E-state index in [1.54, 1.807) is 11.3 Å². The minimum absolute atomic E-state index is 0.204. The summed E-state index contributed by atoms with van der Waals surface area (Å²) in [5.74, 6) is 0. The molecule has 0 saturated carbocycles. The zero-order valence-corrected chi connectivity index (χ0v) is 14.0. The van der Waals surface area contributed by atoms with Crippen LogP contribution in [0.2, 0.25) is 0 Å². The molecule has 0 bridgehead atoms. The van der Waals surface area contributed by atoms with Gasteiger partial charge < -0.3 is 10.2 Å². The van der Waals surface area contributed by atoms with E-state index < -0.39 is 0 Å². The predicted octanol–water partition coefficient (Wildman–Crippen LogP) is 2.43. The Kier molecular flexibility index (Phi) is 5.41. The van der Waals surface area contributed by atoms with Crippen molar-refractivity contribution in [2.75, 3.05) is 37.6 Å². The topological polar surface area (TPSA) is 31.4 Å². The molecule has 1 fully saturated rings. The fourth-order valence-corrected chi connectivity index (χ4v) is 3.30.